The van der Waals surface area contributed by atoms with E-state index in [0.717, 1.165) is 0 Å². The first-order valence-corrected chi connectivity index (χ1v) is 7.50. The summed E-state index contributed by atoms with van der Waals surface area (Å²) in [4.78, 5) is 26.5. The number of likely N-dealkylation sites (N-methyl/N-ethyl adjacent to an activating group) is 1. The van der Waals surface area contributed by atoms with Gasteiger partial charge in [-0.25, -0.2) is 0 Å². The molecule has 1 atom stereocenters. The number of methoxy groups -OCH3 is 2. The Labute approximate surface area is 139 Å². The van der Waals surface area contributed by atoms with Crippen LogP contribution in [0.3, 0.4) is 0 Å². The van der Waals surface area contributed by atoms with Gasteiger partial charge in [-0.15, -0.1) is 0 Å². The molecule has 0 fully saturated rings. The SMILES string of the molecule is COc1ccc(OC)c(NC(=O)C2Cn3cccc3C(=O)N2C)c1. The minimum absolute atomic E-state index is 0.177. The van der Waals surface area contributed by atoms with E-state index in [2.05, 4.69) is 5.32 Å². The van der Waals surface area contributed by atoms with Crippen molar-refractivity contribution in [1.29, 1.82) is 0 Å². The highest BCUT2D eigenvalue weighted by Gasteiger charge is 2.34. The number of ether oxygens (including phenoxy) is 2. The molecule has 2 heterocycles. The molecule has 0 radical (unpaired) electrons. The number of fused-ring (bicyclic) bond motifs is 1. The monoisotopic (exact) mass is 329 g/mol. The summed E-state index contributed by atoms with van der Waals surface area (Å²) in [6, 6.07) is 8.09. The van der Waals surface area contributed by atoms with Crippen LogP contribution in [0.1, 0.15) is 10.5 Å². The Balaban J connectivity index is 1.84. The molecule has 1 aromatic carbocycles. The zero-order valence-corrected chi connectivity index (χ0v) is 13.8. The Morgan fingerprint density at radius 2 is 2.04 bits per heavy atom. The van der Waals surface area contributed by atoms with Crippen molar-refractivity contribution < 1.29 is 19.1 Å². The lowest BCUT2D eigenvalue weighted by atomic mass is 10.1. The Kier molecular flexibility index (Phi) is 4.16. The molecule has 3 rings (SSSR count). The first-order valence-electron chi connectivity index (χ1n) is 7.50. The normalized spacial score (nSPS) is 16.5. The topological polar surface area (TPSA) is 72.8 Å². The van der Waals surface area contributed by atoms with E-state index in [0.29, 0.717) is 29.4 Å². The third kappa shape index (κ3) is 2.68. The maximum Gasteiger partial charge on any atom is 0.270 e. The number of carbonyl (C=O) groups excluding carboxylic acids is 2. The molecule has 0 saturated heterocycles. The number of hydrogen-bond acceptors (Lipinski definition) is 4. The lowest BCUT2D eigenvalue weighted by Crippen LogP contribution is -2.51. The van der Waals surface area contributed by atoms with E-state index in [9.17, 15) is 9.59 Å². The third-order valence-corrected chi connectivity index (χ3v) is 4.17. The molecule has 24 heavy (non-hydrogen) atoms. The molecule has 7 heteroatoms. The predicted octanol–water partition coefficient (Wildman–Crippen LogP) is 1.60. The van der Waals surface area contributed by atoms with Crippen LogP contribution < -0.4 is 14.8 Å². The number of benzene rings is 1. The summed E-state index contributed by atoms with van der Waals surface area (Å²) in [6.07, 6.45) is 1.80. The van der Waals surface area contributed by atoms with Gasteiger partial charge in [0.05, 0.1) is 26.5 Å². The molecule has 1 aliphatic rings. The smallest absolute Gasteiger partial charge is 0.270 e. The molecule has 0 bridgehead atoms. The Morgan fingerprint density at radius 1 is 1.25 bits per heavy atom. The van der Waals surface area contributed by atoms with Gasteiger partial charge in [0.2, 0.25) is 5.91 Å². The summed E-state index contributed by atoms with van der Waals surface area (Å²) < 4.78 is 12.2. The van der Waals surface area contributed by atoms with Gasteiger partial charge in [-0.2, -0.15) is 0 Å². The van der Waals surface area contributed by atoms with Crippen LogP contribution in [-0.2, 0) is 11.3 Å². The fraction of sp³-hybridized carbons (Fsp3) is 0.294. The van der Waals surface area contributed by atoms with E-state index in [4.69, 9.17) is 9.47 Å². The average Bonchev–Trinajstić information content (AvgIpc) is 3.06. The van der Waals surface area contributed by atoms with Crippen LogP contribution in [0.4, 0.5) is 5.69 Å². The van der Waals surface area contributed by atoms with Gasteiger partial charge in [-0.1, -0.05) is 0 Å². The zero-order chi connectivity index (χ0) is 17.3. The summed E-state index contributed by atoms with van der Waals surface area (Å²) in [5, 5.41) is 2.83. The molecule has 0 spiro atoms. The summed E-state index contributed by atoms with van der Waals surface area (Å²) in [6.45, 7) is 0.405. The van der Waals surface area contributed by atoms with E-state index < -0.39 is 6.04 Å². The highest BCUT2D eigenvalue weighted by Crippen LogP contribution is 2.29. The van der Waals surface area contributed by atoms with Crippen LogP contribution >= 0.6 is 0 Å². The van der Waals surface area contributed by atoms with Gasteiger partial charge in [-0.05, 0) is 24.3 Å². The number of nitrogens with one attached hydrogen (secondary N) is 1. The third-order valence-electron chi connectivity index (χ3n) is 4.17. The predicted molar refractivity (Wildman–Crippen MR) is 88.5 cm³/mol. The second-order valence-corrected chi connectivity index (χ2v) is 5.53. The molecule has 1 unspecified atom stereocenters. The van der Waals surface area contributed by atoms with Crippen LogP contribution in [0.2, 0.25) is 0 Å². The number of carbonyl (C=O) groups is 2. The van der Waals surface area contributed by atoms with Crippen LogP contribution in [0.25, 0.3) is 0 Å². The van der Waals surface area contributed by atoms with Crippen molar-refractivity contribution in [2.24, 2.45) is 0 Å². The van der Waals surface area contributed by atoms with Crippen LogP contribution in [-0.4, -0.2) is 48.6 Å². The van der Waals surface area contributed by atoms with Gasteiger partial charge < -0.3 is 24.3 Å². The van der Waals surface area contributed by atoms with E-state index in [1.165, 1.54) is 12.0 Å². The van der Waals surface area contributed by atoms with Crippen molar-refractivity contribution in [3.63, 3.8) is 0 Å². The van der Waals surface area contributed by atoms with E-state index >= 15 is 0 Å². The minimum Gasteiger partial charge on any atom is -0.497 e. The lowest BCUT2D eigenvalue weighted by Gasteiger charge is -2.32. The van der Waals surface area contributed by atoms with Gasteiger partial charge in [0.1, 0.15) is 23.2 Å². The van der Waals surface area contributed by atoms with Crippen molar-refractivity contribution in [3.8, 4) is 11.5 Å². The van der Waals surface area contributed by atoms with E-state index in [1.807, 2.05) is 0 Å². The van der Waals surface area contributed by atoms with Crippen molar-refractivity contribution in [3.05, 3.63) is 42.2 Å². The standard InChI is InChI=1S/C17H19N3O4/c1-19-14(10-20-8-4-5-13(20)17(19)22)16(21)18-12-9-11(23-2)6-7-15(12)24-3/h4-9,14H,10H2,1-3H3,(H,18,21). The van der Waals surface area contributed by atoms with Crippen LogP contribution in [0, 0.1) is 0 Å². The summed E-state index contributed by atoms with van der Waals surface area (Å²) in [5.41, 5.74) is 1.08. The maximum absolute atomic E-state index is 12.7. The molecule has 1 aliphatic heterocycles. The van der Waals surface area contributed by atoms with Crippen molar-refractivity contribution in [1.82, 2.24) is 9.47 Å². The zero-order valence-electron chi connectivity index (χ0n) is 13.8. The number of anilines is 1. The second kappa shape index (κ2) is 6.27. The van der Waals surface area contributed by atoms with E-state index in [-0.39, 0.29) is 11.8 Å². The molecule has 0 aliphatic carbocycles. The summed E-state index contributed by atoms with van der Waals surface area (Å²) in [5.74, 6) is 0.670. The average molecular weight is 329 g/mol. The summed E-state index contributed by atoms with van der Waals surface area (Å²) in [7, 11) is 4.71. The quantitative estimate of drug-likeness (QED) is 0.925. The first kappa shape index (κ1) is 15.9. The van der Waals surface area contributed by atoms with Gasteiger partial charge in [0.15, 0.2) is 0 Å². The van der Waals surface area contributed by atoms with Crippen molar-refractivity contribution >= 4 is 17.5 Å². The Morgan fingerprint density at radius 3 is 2.75 bits per heavy atom. The molecule has 126 valence electrons. The number of rotatable bonds is 4. The fourth-order valence-corrected chi connectivity index (χ4v) is 2.79. The lowest BCUT2D eigenvalue weighted by molar-refractivity contribution is -0.120. The van der Waals surface area contributed by atoms with Crippen molar-refractivity contribution in [2.75, 3.05) is 26.6 Å². The maximum atomic E-state index is 12.7. The molecule has 0 saturated carbocycles. The second-order valence-electron chi connectivity index (χ2n) is 5.53. The molecule has 7 nitrogen and oxygen atoms in total. The first-order chi connectivity index (χ1) is 11.5. The van der Waals surface area contributed by atoms with Gasteiger partial charge >= 0.3 is 0 Å². The van der Waals surface area contributed by atoms with Crippen molar-refractivity contribution in [2.45, 2.75) is 12.6 Å². The van der Waals surface area contributed by atoms with Crippen LogP contribution in [0.5, 0.6) is 11.5 Å². The van der Waals surface area contributed by atoms with Gasteiger partial charge in [-0.3, -0.25) is 9.59 Å². The van der Waals surface area contributed by atoms with Gasteiger partial charge in [0.25, 0.3) is 5.91 Å². The fourth-order valence-electron chi connectivity index (χ4n) is 2.79. The Bertz CT molecular complexity index is 784. The molecule has 1 N–H and O–H groups in total. The van der Waals surface area contributed by atoms with Crippen LogP contribution in [0.15, 0.2) is 36.5 Å². The molecule has 2 amide bonds. The minimum atomic E-state index is -0.603. The molecule has 2 aromatic rings. The molecular formula is C17H19N3O4. The summed E-state index contributed by atoms with van der Waals surface area (Å²) >= 11 is 0. The van der Waals surface area contributed by atoms with Gasteiger partial charge in [0, 0.05) is 19.3 Å². The molecular weight excluding hydrogens is 310 g/mol. The largest absolute Gasteiger partial charge is 0.497 e. The highest BCUT2D eigenvalue weighted by atomic mass is 16.5. The number of hydrogen-bond donors (Lipinski definition) is 1. The van der Waals surface area contributed by atoms with E-state index in [1.54, 1.807) is 55.3 Å². The Hall–Kier alpha value is -2.96. The molecule has 1 aromatic heterocycles. The highest BCUT2D eigenvalue weighted by molar-refractivity contribution is 6.02. The number of nitrogens with zero attached hydrogens (tertiary/aromatic N) is 2. The number of amides is 2. The number of aromatic nitrogens is 1.